The van der Waals surface area contributed by atoms with Crippen molar-refractivity contribution in [2.24, 2.45) is 11.1 Å². The first-order valence-corrected chi connectivity index (χ1v) is 6.28. The maximum absolute atomic E-state index is 5.76. The van der Waals surface area contributed by atoms with E-state index in [-0.39, 0.29) is 0 Å². The second-order valence-electron chi connectivity index (χ2n) is 5.87. The summed E-state index contributed by atoms with van der Waals surface area (Å²) >= 11 is 0. The number of hydrogen-bond acceptors (Lipinski definition) is 1. The molecule has 0 unspecified atom stereocenters. The Balaban J connectivity index is 2.30. The molecule has 1 heterocycles. The van der Waals surface area contributed by atoms with E-state index in [1.165, 1.54) is 22.9 Å². The Kier molecular flexibility index (Phi) is 3.25. The van der Waals surface area contributed by atoms with Crippen molar-refractivity contribution in [3.05, 3.63) is 36.0 Å². The van der Waals surface area contributed by atoms with Crippen molar-refractivity contribution in [2.45, 2.75) is 40.3 Å². The first-order chi connectivity index (χ1) is 8.01. The second kappa shape index (κ2) is 4.53. The van der Waals surface area contributed by atoms with Gasteiger partial charge in [0.2, 0.25) is 0 Å². The smallest absolute Gasteiger partial charge is 0.0483 e. The maximum atomic E-state index is 5.76. The Bertz CT molecular complexity index is 503. The number of aryl methyl sites for hydroxylation is 1. The number of nitrogens with two attached hydrogens (primary N) is 1. The summed E-state index contributed by atoms with van der Waals surface area (Å²) in [7, 11) is 0. The average molecular weight is 230 g/mol. The Labute approximate surface area is 103 Å². The zero-order valence-corrected chi connectivity index (χ0v) is 11.0. The van der Waals surface area contributed by atoms with E-state index in [0.717, 1.165) is 6.54 Å². The van der Waals surface area contributed by atoms with Crippen LogP contribution in [0.3, 0.4) is 0 Å². The van der Waals surface area contributed by atoms with Crippen molar-refractivity contribution in [3.8, 4) is 0 Å². The first kappa shape index (κ1) is 12.2. The standard InChI is InChI=1S/C15H22N2/c1-15(2,3)8-10-17-9-7-13-12(11-16)5-4-6-14(13)17/h4-7,9H,8,10-11,16H2,1-3H3. The predicted octanol–water partition coefficient (Wildman–Crippen LogP) is 3.54. The number of fused-ring (bicyclic) bond motifs is 1. The zero-order chi connectivity index (χ0) is 12.5. The second-order valence-corrected chi connectivity index (χ2v) is 5.87. The van der Waals surface area contributed by atoms with Gasteiger partial charge in [0.25, 0.3) is 0 Å². The van der Waals surface area contributed by atoms with Gasteiger partial charge in [0.05, 0.1) is 0 Å². The molecule has 0 bridgehead atoms. The van der Waals surface area contributed by atoms with Crippen LogP contribution < -0.4 is 5.73 Å². The third kappa shape index (κ3) is 2.70. The molecule has 0 saturated heterocycles. The normalized spacial score (nSPS) is 12.2. The fourth-order valence-electron chi connectivity index (χ4n) is 2.12. The van der Waals surface area contributed by atoms with Gasteiger partial charge >= 0.3 is 0 Å². The van der Waals surface area contributed by atoms with Crippen LogP contribution in [0.25, 0.3) is 10.9 Å². The van der Waals surface area contributed by atoms with Crippen molar-refractivity contribution >= 4 is 10.9 Å². The van der Waals surface area contributed by atoms with Crippen molar-refractivity contribution in [2.75, 3.05) is 0 Å². The summed E-state index contributed by atoms with van der Waals surface area (Å²) in [5.74, 6) is 0. The Morgan fingerprint density at radius 1 is 1.18 bits per heavy atom. The van der Waals surface area contributed by atoms with Gasteiger partial charge < -0.3 is 10.3 Å². The van der Waals surface area contributed by atoms with Crippen molar-refractivity contribution in [3.63, 3.8) is 0 Å². The molecule has 2 N–H and O–H groups in total. The summed E-state index contributed by atoms with van der Waals surface area (Å²) in [5, 5.41) is 1.30. The van der Waals surface area contributed by atoms with E-state index in [1.54, 1.807) is 0 Å². The average Bonchev–Trinajstić information content (AvgIpc) is 2.68. The lowest BCUT2D eigenvalue weighted by atomic mass is 9.92. The van der Waals surface area contributed by atoms with Crippen molar-refractivity contribution < 1.29 is 0 Å². The molecule has 0 aliphatic heterocycles. The third-order valence-electron chi connectivity index (χ3n) is 3.23. The van der Waals surface area contributed by atoms with Crippen LogP contribution in [0.15, 0.2) is 30.5 Å². The fraction of sp³-hybridized carbons (Fsp3) is 0.467. The van der Waals surface area contributed by atoms with E-state index in [0.29, 0.717) is 12.0 Å². The lowest BCUT2D eigenvalue weighted by molar-refractivity contribution is 0.353. The molecular weight excluding hydrogens is 208 g/mol. The van der Waals surface area contributed by atoms with E-state index < -0.39 is 0 Å². The molecule has 0 atom stereocenters. The molecule has 2 rings (SSSR count). The SMILES string of the molecule is CC(C)(C)CCn1ccc2c(CN)cccc21. The van der Waals surface area contributed by atoms with E-state index >= 15 is 0 Å². The summed E-state index contributed by atoms with van der Waals surface area (Å²) in [6.45, 7) is 8.53. The topological polar surface area (TPSA) is 30.9 Å². The van der Waals surface area contributed by atoms with Gasteiger partial charge in [-0.15, -0.1) is 0 Å². The Morgan fingerprint density at radius 2 is 1.94 bits per heavy atom. The van der Waals surface area contributed by atoms with Crippen LogP contribution in [0.2, 0.25) is 0 Å². The minimum absolute atomic E-state index is 0.377. The molecule has 1 aromatic heterocycles. The van der Waals surface area contributed by atoms with Crippen LogP contribution >= 0.6 is 0 Å². The highest BCUT2D eigenvalue weighted by molar-refractivity contribution is 5.83. The quantitative estimate of drug-likeness (QED) is 0.859. The number of rotatable bonds is 3. The van der Waals surface area contributed by atoms with E-state index in [4.69, 9.17) is 5.73 Å². The van der Waals surface area contributed by atoms with E-state index in [2.05, 4.69) is 55.8 Å². The summed E-state index contributed by atoms with van der Waals surface area (Å²) < 4.78 is 2.33. The van der Waals surface area contributed by atoms with Gasteiger partial charge in [-0.2, -0.15) is 0 Å². The Morgan fingerprint density at radius 3 is 2.59 bits per heavy atom. The largest absolute Gasteiger partial charge is 0.347 e. The fourth-order valence-corrected chi connectivity index (χ4v) is 2.12. The van der Waals surface area contributed by atoms with Crippen LogP contribution in [0.4, 0.5) is 0 Å². The van der Waals surface area contributed by atoms with Gasteiger partial charge in [0.15, 0.2) is 0 Å². The van der Waals surface area contributed by atoms with Crippen molar-refractivity contribution in [1.29, 1.82) is 0 Å². The molecule has 0 amide bonds. The molecule has 0 spiro atoms. The van der Waals surface area contributed by atoms with Crippen LogP contribution in [0.1, 0.15) is 32.8 Å². The third-order valence-corrected chi connectivity index (χ3v) is 3.23. The molecule has 0 saturated carbocycles. The molecule has 2 nitrogen and oxygen atoms in total. The lowest BCUT2D eigenvalue weighted by Gasteiger charge is -2.18. The monoisotopic (exact) mass is 230 g/mol. The minimum Gasteiger partial charge on any atom is -0.347 e. The molecule has 0 radical (unpaired) electrons. The van der Waals surface area contributed by atoms with Gasteiger partial charge in [0.1, 0.15) is 0 Å². The molecule has 2 heteroatoms. The van der Waals surface area contributed by atoms with Gasteiger partial charge in [-0.1, -0.05) is 32.9 Å². The van der Waals surface area contributed by atoms with Crippen LogP contribution in [-0.2, 0) is 13.1 Å². The van der Waals surface area contributed by atoms with Crippen LogP contribution in [0, 0.1) is 5.41 Å². The highest BCUT2D eigenvalue weighted by Crippen LogP contribution is 2.24. The minimum atomic E-state index is 0.377. The zero-order valence-electron chi connectivity index (χ0n) is 11.0. The van der Waals surface area contributed by atoms with Crippen molar-refractivity contribution in [1.82, 2.24) is 4.57 Å². The van der Waals surface area contributed by atoms with Gasteiger partial charge in [-0.3, -0.25) is 0 Å². The van der Waals surface area contributed by atoms with Gasteiger partial charge in [0, 0.05) is 30.2 Å². The molecule has 17 heavy (non-hydrogen) atoms. The molecule has 0 aliphatic carbocycles. The number of aromatic nitrogens is 1. The first-order valence-electron chi connectivity index (χ1n) is 6.28. The molecule has 92 valence electrons. The molecule has 0 fully saturated rings. The molecule has 0 aliphatic rings. The molecule has 2 aromatic rings. The number of hydrogen-bond donors (Lipinski definition) is 1. The van der Waals surface area contributed by atoms with Gasteiger partial charge in [-0.25, -0.2) is 0 Å². The summed E-state index contributed by atoms with van der Waals surface area (Å²) in [6.07, 6.45) is 3.36. The highest BCUT2D eigenvalue weighted by atomic mass is 14.9. The van der Waals surface area contributed by atoms with Crippen LogP contribution in [0.5, 0.6) is 0 Å². The lowest BCUT2D eigenvalue weighted by Crippen LogP contribution is -2.09. The van der Waals surface area contributed by atoms with Crippen LogP contribution in [-0.4, -0.2) is 4.57 Å². The summed E-state index contributed by atoms with van der Waals surface area (Å²) in [5.41, 5.74) is 8.67. The van der Waals surface area contributed by atoms with Gasteiger partial charge in [-0.05, 0) is 29.5 Å². The maximum Gasteiger partial charge on any atom is 0.0483 e. The van der Waals surface area contributed by atoms with E-state index in [1.807, 2.05) is 0 Å². The van der Waals surface area contributed by atoms with E-state index in [9.17, 15) is 0 Å². The summed E-state index contributed by atoms with van der Waals surface area (Å²) in [4.78, 5) is 0. The number of benzene rings is 1. The Hall–Kier alpha value is -1.28. The molecular formula is C15H22N2. The molecule has 1 aromatic carbocycles. The highest BCUT2D eigenvalue weighted by Gasteiger charge is 2.11. The predicted molar refractivity (Wildman–Crippen MR) is 73.9 cm³/mol. The number of nitrogens with zero attached hydrogens (tertiary/aromatic N) is 1. The summed E-state index contributed by atoms with van der Waals surface area (Å²) in [6, 6.07) is 8.56.